The average Bonchev–Trinajstić information content (AvgIpc) is 2.97. The van der Waals surface area contributed by atoms with Crippen molar-refractivity contribution >= 4 is 22.0 Å². The van der Waals surface area contributed by atoms with Crippen molar-refractivity contribution in [3.8, 4) is 21.6 Å². The molecule has 0 saturated carbocycles. The molecule has 112 valence electrons. The van der Waals surface area contributed by atoms with E-state index in [4.69, 9.17) is 0 Å². The second kappa shape index (κ2) is 6.42. The summed E-state index contributed by atoms with van der Waals surface area (Å²) in [7, 11) is -2.41. The first-order chi connectivity index (χ1) is 10.6. The van der Waals surface area contributed by atoms with E-state index in [1.165, 1.54) is 12.1 Å². The molecule has 5 heteroatoms. The highest BCUT2D eigenvalue weighted by Crippen LogP contribution is 2.36. The Morgan fingerprint density at radius 2 is 1.50 bits per heavy atom. The predicted molar refractivity (Wildman–Crippen MR) is 89.2 cm³/mol. The molecule has 0 atom stereocenters. The van der Waals surface area contributed by atoms with Crippen LogP contribution in [0.3, 0.4) is 0 Å². The van der Waals surface area contributed by atoms with E-state index in [1.807, 2.05) is 35.7 Å². The molecule has 2 nitrogen and oxygen atoms in total. The molecule has 0 bridgehead atoms. The minimum absolute atomic E-state index is 0.0596. The molecule has 3 aromatic rings. The van der Waals surface area contributed by atoms with Crippen molar-refractivity contribution in [2.75, 3.05) is 0 Å². The molecule has 0 amide bonds. The third-order valence-corrected chi connectivity index (χ3v) is 4.94. The predicted octanol–water partition coefficient (Wildman–Crippen LogP) is 4.33. The van der Waals surface area contributed by atoms with Gasteiger partial charge in [-0.3, -0.25) is 0 Å². The highest BCUT2D eigenvalue weighted by Gasteiger charge is 2.09. The molecule has 0 unspecified atom stereocenters. The fourth-order valence-corrected chi connectivity index (χ4v) is 3.73. The largest absolute Gasteiger partial charge is 0.232 e. The molecule has 0 aliphatic carbocycles. The Kier molecular flexibility index (Phi) is 4.36. The molecule has 0 aliphatic heterocycles. The molecule has 0 N–H and O–H groups in total. The Morgan fingerprint density at radius 3 is 2.14 bits per heavy atom. The van der Waals surface area contributed by atoms with E-state index >= 15 is 0 Å². The molecule has 3 rings (SSSR count). The van der Waals surface area contributed by atoms with E-state index in [0.29, 0.717) is 0 Å². The van der Waals surface area contributed by atoms with Crippen LogP contribution in [0.15, 0.2) is 60.0 Å². The summed E-state index contributed by atoms with van der Waals surface area (Å²) < 4.78 is 34.6. The Balaban J connectivity index is 1.96. The van der Waals surface area contributed by atoms with Gasteiger partial charge >= 0.3 is 0 Å². The van der Waals surface area contributed by atoms with Crippen molar-refractivity contribution < 1.29 is 12.8 Å². The van der Waals surface area contributed by atoms with Gasteiger partial charge in [0.15, 0.2) is 0 Å². The van der Waals surface area contributed by atoms with Crippen LogP contribution in [0.5, 0.6) is 0 Å². The van der Waals surface area contributed by atoms with Gasteiger partial charge in [-0.25, -0.2) is 12.8 Å². The summed E-state index contributed by atoms with van der Waals surface area (Å²) in [4.78, 5) is 1.07. The van der Waals surface area contributed by atoms with Gasteiger partial charge in [0.2, 0.25) is 0 Å². The van der Waals surface area contributed by atoms with Gasteiger partial charge in [0.25, 0.3) is 0 Å². The van der Waals surface area contributed by atoms with Crippen LogP contribution in [0, 0.1) is 5.82 Å². The second-order valence-corrected chi connectivity index (χ2v) is 6.76. The molecule has 0 saturated heterocycles. The van der Waals surface area contributed by atoms with Crippen molar-refractivity contribution in [3.05, 3.63) is 71.4 Å². The molecule has 0 aliphatic rings. The fourth-order valence-electron chi connectivity index (χ4n) is 2.30. The number of hydrogen-bond acceptors (Lipinski definition) is 3. The summed E-state index contributed by atoms with van der Waals surface area (Å²) in [6.45, 7) is 0. The second-order valence-electron chi connectivity index (χ2n) is 4.86. The minimum Gasteiger partial charge on any atom is -0.232 e. The van der Waals surface area contributed by atoms with Gasteiger partial charge in [-0.2, -0.15) is 0 Å². The Labute approximate surface area is 133 Å². The molecule has 1 heterocycles. The lowest BCUT2D eigenvalue weighted by Crippen LogP contribution is -1.87. The first kappa shape index (κ1) is 14.9. The molecule has 22 heavy (non-hydrogen) atoms. The quantitative estimate of drug-likeness (QED) is 0.722. The summed E-state index contributed by atoms with van der Waals surface area (Å²) in [5, 5.41) is 2.00. The van der Waals surface area contributed by atoms with Crippen LogP contribution in [0.1, 0.15) is 5.56 Å². The molecule has 1 aromatic heterocycles. The zero-order valence-corrected chi connectivity index (χ0v) is 13.2. The van der Waals surface area contributed by atoms with E-state index in [9.17, 15) is 12.8 Å². The van der Waals surface area contributed by atoms with Crippen LogP contribution in [0.2, 0.25) is 0 Å². The van der Waals surface area contributed by atoms with E-state index in [2.05, 4.69) is 0 Å². The lowest BCUT2D eigenvalue weighted by Gasteiger charge is -2.05. The average molecular weight is 332 g/mol. The van der Waals surface area contributed by atoms with Crippen molar-refractivity contribution in [2.24, 2.45) is 0 Å². The normalized spacial score (nSPS) is 11.0. The standard InChI is InChI=1S/C17H13FO2S2/c18-15-7-5-14(6-8-15)17-16(9-10-21-17)13-3-1-12(2-4-13)11-22(19)20/h1-10,22H,11H2. The maximum Gasteiger partial charge on any atom is 0.144 e. The molecular formula is C17H13FO2S2. The van der Waals surface area contributed by atoms with Crippen LogP contribution in [0.4, 0.5) is 4.39 Å². The van der Waals surface area contributed by atoms with E-state index in [0.717, 1.165) is 27.1 Å². The smallest absolute Gasteiger partial charge is 0.144 e. The first-order valence-electron chi connectivity index (χ1n) is 6.68. The SMILES string of the molecule is O=[SH](=O)Cc1ccc(-c2ccsc2-c2ccc(F)cc2)cc1. The molecular weight excluding hydrogens is 319 g/mol. The molecule has 0 fully saturated rings. The molecule has 2 aromatic carbocycles. The van der Waals surface area contributed by atoms with E-state index < -0.39 is 10.7 Å². The fraction of sp³-hybridized carbons (Fsp3) is 0.0588. The summed E-state index contributed by atoms with van der Waals surface area (Å²) in [6.07, 6.45) is 0. The van der Waals surface area contributed by atoms with E-state index in [1.54, 1.807) is 23.5 Å². The zero-order chi connectivity index (χ0) is 15.5. The number of thiol groups is 1. The molecule has 0 spiro atoms. The summed E-state index contributed by atoms with van der Waals surface area (Å²) in [6, 6.07) is 15.9. The topological polar surface area (TPSA) is 34.1 Å². The van der Waals surface area contributed by atoms with Crippen LogP contribution in [0.25, 0.3) is 21.6 Å². The minimum atomic E-state index is -2.41. The van der Waals surface area contributed by atoms with Crippen molar-refractivity contribution in [1.82, 2.24) is 0 Å². The summed E-state index contributed by atoms with van der Waals surface area (Å²) in [5.74, 6) is -0.192. The van der Waals surface area contributed by atoms with Gasteiger partial charge in [0, 0.05) is 10.4 Å². The van der Waals surface area contributed by atoms with Gasteiger partial charge in [0.05, 0.1) is 5.75 Å². The van der Waals surface area contributed by atoms with Gasteiger partial charge in [-0.05, 0) is 40.3 Å². The summed E-state index contributed by atoms with van der Waals surface area (Å²) >= 11 is 1.60. The maximum absolute atomic E-state index is 13.1. The van der Waals surface area contributed by atoms with Crippen molar-refractivity contribution in [3.63, 3.8) is 0 Å². The number of thiophene rings is 1. The van der Waals surface area contributed by atoms with Crippen LogP contribution < -0.4 is 0 Å². The van der Waals surface area contributed by atoms with Crippen LogP contribution in [-0.2, 0) is 16.5 Å². The monoisotopic (exact) mass is 332 g/mol. The maximum atomic E-state index is 13.1. The van der Waals surface area contributed by atoms with Gasteiger partial charge in [-0.1, -0.05) is 36.4 Å². The zero-order valence-electron chi connectivity index (χ0n) is 11.5. The Morgan fingerprint density at radius 1 is 0.864 bits per heavy atom. The number of rotatable bonds is 4. The highest BCUT2D eigenvalue weighted by atomic mass is 32.2. The third kappa shape index (κ3) is 3.26. The van der Waals surface area contributed by atoms with Gasteiger partial charge in [0.1, 0.15) is 16.5 Å². The Bertz CT molecular complexity index is 839. The highest BCUT2D eigenvalue weighted by molar-refractivity contribution is 7.71. The van der Waals surface area contributed by atoms with Crippen molar-refractivity contribution in [1.29, 1.82) is 0 Å². The van der Waals surface area contributed by atoms with E-state index in [-0.39, 0.29) is 11.6 Å². The molecule has 0 radical (unpaired) electrons. The third-order valence-electron chi connectivity index (χ3n) is 3.35. The lowest BCUT2D eigenvalue weighted by atomic mass is 10.0. The van der Waals surface area contributed by atoms with Gasteiger partial charge < -0.3 is 0 Å². The van der Waals surface area contributed by atoms with Crippen LogP contribution in [-0.4, -0.2) is 8.42 Å². The van der Waals surface area contributed by atoms with Gasteiger partial charge in [-0.15, -0.1) is 11.3 Å². The number of halogens is 1. The Hall–Kier alpha value is -1.98. The number of hydrogen-bond donors (Lipinski definition) is 1. The lowest BCUT2D eigenvalue weighted by molar-refractivity contribution is 0.614. The first-order valence-corrected chi connectivity index (χ1v) is 8.92. The van der Waals surface area contributed by atoms with Crippen LogP contribution >= 0.6 is 11.3 Å². The number of benzene rings is 2. The van der Waals surface area contributed by atoms with Crippen molar-refractivity contribution in [2.45, 2.75) is 5.75 Å². The summed E-state index contributed by atoms with van der Waals surface area (Å²) in [5.41, 5.74) is 3.83.